The van der Waals surface area contributed by atoms with Crippen LogP contribution in [0.25, 0.3) is 0 Å². The van der Waals surface area contributed by atoms with Crippen LogP contribution in [0.1, 0.15) is 40.5 Å². The summed E-state index contributed by atoms with van der Waals surface area (Å²) in [6.45, 7) is 4.22. The number of benzene rings is 1. The summed E-state index contributed by atoms with van der Waals surface area (Å²) < 4.78 is 0. The number of carbonyl (C=O) groups excluding carboxylic acids is 3. The highest BCUT2D eigenvalue weighted by atomic mass is 16.2. The Bertz CT molecular complexity index is 1380. The molecule has 7 N–H and O–H groups in total. The van der Waals surface area contributed by atoms with Gasteiger partial charge in [-0.3, -0.25) is 14.4 Å². The molecule has 3 amide bonds. The molecule has 0 aliphatic rings. The zero-order valence-corrected chi connectivity index (χ0v) is 24.1. The number of hydrogen-bond acceptors (Lipinski definition) is 10. The third kappa shape index (κ3) is 10.2. The summed E-state index contributed by atoms with van der Waals surface area (Å²) in [5, 5.41) is 15.2. The molecule has 0 fully saturated rings. The quantitative estimate of drug-likeness (QED) is 0.110. The second kappa shape index (κ2) is 16.3. The summed E-state index contributed by atoms with van der Waals surface area (Å²) in [7, 11) is 3.85. The number of nitrogens with one attached hydrogen (secondary N) is 5. The fourth-order valence-corrected chi connectivity index (χ4v) is 3.62. The fourth-order valence-electron chi connectivity index (χ4n) is 3.62. The van der Waals surface area contributed by atoms with Crippen LogP contribution in [0, 0.1) is 0 Å². The molecule has 2 heterocycles. The number of nitrogens with two attached hydrogens (primary N) is 1. The Morgan fingerprint density at radius 1 is 0.976 bits per heavy atom. The van der Waals surface area contributed by atoms with Gasteiger partial charge in [-0.15, -0.1) is 0 Å². The van der Waals surface area contributed by atoms with E-state index in [0.717, 1.165) is 6.42 Å². The molecular weight excluding hydrogens is 536 g/mol. The van der Waals surface area contributed by atoms with Crippen molar-refractivity contribution in [1.29, 1.82) is 0 Å². The number of hydrogen-bond donors (Lipinski definition) is 6. The number of pyridine rings is 1. The van der Waals surface area contributed by atoms with Crippen LogP contribution < -0.4 is 32.3 Å². The SMILES string of the molecule is CCCNc1nc(Nc2ccc(C(N)=O)cc2)ncc1C(=O)NCCCNc1ncccc1NC(=O)C=CCN(C)C. The molecule has 0 aliphatic heterocycles. The zero-order chi connectivity index (χ0) is 30.3. The van der Waals surface area contributed by atoms with E-state index in [-0.39, 0.29) is 11.8 Å². The topological polar surface area (TPSA) is 179 Å². The molecule has 0 atom stereocenters. The maximum atomic E-state index is 13.0. The third-order valence-corrected chi connectivity index (χ3v) is 5.74. The van der Waals surface area contributed by atoms with E-state index in [1.165, 1.54) is 12.3 Å². The second-order valence-corrected chi connectivity index (χ2v) is 9.54. The van der Waals surface area contributed by atoms with Gasteiger partial charge >= 0.3 is 0 Å². The molecule has 0 bridgehead atoms. The van der Waals surface area contributed by atoms with E-state index in [9.17, 15) is 14.4 Å². The van der Waals surface area contributed by atoms with Crippen LogP contribution in [0.3, 0.4) is 0 Å². The van der Waals surface area contributed by atoms with Crippen molar-refractivity contribution in [3.63, 3.8) is 0 Å². The van der Waals surface area contributed by atoms with Gasteiger partial charge in [0.25, 0.3) is 5.91 Å². The number of likely N-dealkylation sites (N-methyl/N-ethyl adjacent to an activating group) is 1. The van der Waals surface area contributed by atoms with E-state index in [1.807, 2.05) is 25.9 Å². The summed E-state index contributed by atoms with van der Waals surface area (Å²) >= 11 is 0. The van der Waals surface area contributed by atoms with Gasteiger partial charge in [-0.05, 0) is 63.3 Å². The Balaban J connectivity index is 1.53. The Kier molecular flexibility index (Phi) is 12.2. The van der Waals surface area contributed by atoms with E-state index in [4.69, 9.17) is 5.73 Å². The first-order valence-corrected chi connectivity index (χ1v) is 13.6. The highest BCUT2D eigenvalue weighted by molar-refractivity contribution is 6.01. The van der Waals surface area contributed by atoms with Gasteiger partial charge in [0.05, 0.1) is 5.69 Å². The van der Waals surface area contributed by atoms with Crippen LogP contribution in [-0.2, 0) is 4.79 Å². The largest absolute Gasteiger partial charge is 0.369 e. The minimum atomic E-state index is -0.510. The molecule has 3 rings (SSSR count). The third-order valence-electron chi connectivity index (χ3n) is 5.74. The molecule has 13 nitrogen and oxygen atoms in total. The minimum absolute atomic E-state index is 0.239. The van der Waals surface area contributed by atoms with Crippen molar-refractivity contribution in [3.8, 4) is 0 Å². The molecule has 0 saturated carbocycles. The Labute approximate surface area is 245 Å². The van der Waals surface area contributed by atoms with Gasteiger partial charge < -0.3 is 37.2 Å². The number of amides is 3. The molecule has 1 aromatic carbocycles. The lowest BCUT2D eigenvalue weighted by Gasteiger charge is -2.13. The summed E-state index contributed by atoms with van der Waals surface area (Å²) in [6, 6.07) is 10.1. The van der Waals surface area contributed by atoms with Gasteiger partial charge in [0.2, 0.25) is 17.8 Å². The lowest BCUT2D eigenvalue weighted by molar-refractivity contribution is -0.111. The monoisotopic (exact) mass is 574 g/mol. The van der Waals surface area contributed by atoms with Crippen molar-refractivity contribution >= 4 is 46.7 Å². The average Bonchev–Trinajstić information content (AvgIpc) is 2.96. The maximum absolute atomic E-state index is 13.0. The van der Waals surface area contributed by atoms with E-state index in [1.54, 1.807) is 48.7 Å². The Hall–Kier alpha value is -5.04. The normalized spacial score (nSPS) is 10.9. The summed E-state index contributed by atoms with van der Waals surface area (Å²) in [5.74, 6) is 0.201. The van der Waals surface area contributed by atoms with Crippen LogP contribution in [-0.4, -0.2) is 77.8 Å². The minimum Gasteiger partial charge on any atom is -0.369 e. The predicted molar refractivity (Wildman–Crippen MR) is 165 cm³/mol. The highest BCUT2D eigenvalue weighted by Crippen LogP contribution is 2.19. The summed E-state index contributed by atoms with van der Waals surface area (Å²) in [5.41, 5.74) is 7.25. The molecule has 3 aromatic rings. The number of carbonyl (C=O) groups is 3. The van der Waals surface area contributed by atoms with Gasteiger partial charge in [0, 0.05) is 55.9 Å². The number of aromatic nitrogens is 3. The van der Waals surface area contributed by atoms with Crippen molar-refractivity contribution in [2.75, 3.05) is 61.5 Å². The van der Waals surface area contributed by atoms with Crippen molar-refractivity contribution in [3.05, 3.63) is 72.1 Å². The molecule has 0 saturated heterocycles. The number of nitrogens with zero attached hydrogens (tertiary/aromatic N) is 4. The number of primary amides is 1. The van der Waals surface area contributed by atoms with Crippen LogP contribution >= 0.6 is 0 Å². The first kappa shape index (κ1) is 31.5. The summed E-state index contributed by atoms with van der Waals surface area (Å²) in [6.07, 6.45) is 7.83. The van der Waals surface area contributed by atoms with Crippen molar-refractivity contribution in [2.24, 2.45) is 5.73 Å². The van der Waals surface area contributed by atoms with Crippen LogP contribution in [0.2, 0.25) is 0 Å². The molecule has 0 radical (unpaired) electrons. The highest BCUT2D eigenvalue weighted by Gasteiger charge is 2.15. The van der Waals surface area contributed by atoms with Gasteiger partial charge in [-0.25, -0.2) is 9.97 Å². The maximum Gasteiger partial charge on any atom is 0.256 e. The van der Waals surface area contributed by atoms with Crippen molar-refractivity contribution in [2.45, 2.75) is 19.8 Å². The molecule has 2 aromatic heterocycles. The Morgan fingerprint density at radius 2 is 1.74 bits per heavy atom. The van der Waals surface area contributed by atoms with Gasteiger partial charge in [-0.1, -0.05) is 13.0 Å². The number of rotatable bonds is 16. The van der Waals surface area contributed by atoms with Gasteiger partial charge in [0.1, 0.15) is 17.2 Å². The lowest BCUT2D eigenvalue weighted by atomic mass is 10.2. The van der Waals surface area contributed by atoms with Crippen LogP contribution in [0.15, 0.2) is 60.9 Å². The lowest BCUT2D eigenvalue weighted by Crippen LogP contribution is -2.27. The standard InChI is InChI=1S/C29H38N10O3/c1-4-14-31-26-22(19-35-29(38-26)36-21-12-10-20(11-13-21)25(30)41)28(42)34-17-7-16-33-27-23(8-5-15-32-27)37-24(40)9-6-18-39(2)3/h5-6,8-13,15,19H,4,7,14,16-18H2,1-3H3,(H2,30,41)(H,32,33)(H,34,42)(H,37,40)(H2,31,35,36,38). The van der Waals surface area contributed by atoms with E-state index < -0.39 is 5.91 Å². The average molecular weight is 575 g/mol. The van der Waals surface area contributed by atoms with Crippen molar-refractivity contribution < 1.29 is 14.4 Å². The van der Waals surface area contributed by atoms with Crippen molar-refractivity contribution in [1.82, 2.24) is 25.2 Å². The molecule has 0 aliphatic carbocycles. The van der Waals surface area contributed by atoms with Gasteiger partial charge in [0.15, 0.2) is 0 Å². The fraction of sp³-hybridized carbons (Fsp3) is 0.310. The predicted octanol–water partition coefficient (Wildman–Crippen LogP) is 2.82. The zero-order valence-electron chi connectivity index (χ0n) is 24.1. The van der Waals surface area contributed by atoms with Gasteiger partial charge in [-0.2, -0.15) is 4.98 Å². The first-order chi connectivity index (χ1) is 20.3. The smallest absolute Gasteiger partial charge is 0.256 e. The molecular formula is C29H38N10O3. The van der Waals surface area contributed by atoms with E-state index in [0.29, 0.717) is 72.7 Å². The molecule has 42 heavy (non-hydrogen) atoms. The first-order valence-electron chi connectivity index (χ1n) is 13.6. The molecule has 0 spiro atoms. The molecule has 222 valence electrons. The van der Waals surface area contributed by atoms with Crippen LogP contribution in [0.5, 0.6) is 0 Å². The van der Waals surface area contributed by atoms with Crippen LogP contribution in [0.4, 0.5) is 29.0 Å². The second-order valence-electron chi connectivity index (χ2n) is 9.54. The summed E-state index contributed by atoms with van der Waals surface area (Å²) in [4.78, 5) is 51.5. The molecule has 0 unspecified atom stereocenters. The van der Waals surface area contributed by atoms with E-state index in [2.05, 4.69) is 41.5 Å². The molecule has 13 heteroatoms. The number of anilines is 5. The van der Waals surface area contributed by atoms with E-state index >= 15 is 0 Å². The Morgan fingerprint density at radius 3 is 2.45 bits per heavy atom.